The molecule has 3 aromatic carbocycles. The number of anilines is 2. The zero-order chi connectivity index (χ0) is 26.5. The van der Waals surface area contributed by atoms with Crippen LogP contribution in [0.2, 0.25) is 5.02 Å². The second-order valence-electron chi connectivity index (χ2n) is 8.57. The van der Waals surface area contributed by atoms with Crippen LogP contribution in [0.5, 0.6) is 17.2 Å². The smallest absolute Gasteiger partial charge is 0.270 e. The maximum Gasteiger partial charge on any atom is 0.270 e. The lowest BCUT2D eigenvalue weighted by Gasteiger charge is -2.10. The average Bonchev–Trinajstić information content (AvgIpc) is 3.24. The number of para-hydroxylation sites is 1. The van der Waals surface area contributed by atoms with Crippen molar-refractivity contribution < 1.29 is 14.3 Å². The Labute approximate surface area is 225 Å². The predicted octanol–water partition coefficient (Wildman–Crippen LogP) is 6.14. The van der Waals surface area contributed by atoms with Crippen LogP contribution in [0, 0.1) is 0 Å². The van der Waals surface area contributed by atoms with Crippen LogP contribution in [0.15, 0.2) is 85.1 Å². The Morgan fingerprint density at radius 2 is 1.79 bits per heavy atom. The SMILES string of the molecule is COc1ccccc1CCNC(=O)c1cc(Oc2ccc3c(c2)nc(Nc2ccc(Cl)cc2)n3C)ccn1. The van der Waals surface area contributed by atoms with E-state index < -0.39 is 0 Å². The molecule has 0 bridgehead atoms. The lowest BCUT2D eigenvalue weighted by molar-refractivity contribution is 0.0948. The van der Waals surface area contributed by atoms with Gasteiger partial charge in [0.05, 0.1) is 18.1 Å². The molecule has 192 valence electrons. The van der Waals surface area contributed by atoms with Gasteiger partial charge < -0.3 is 24.7 Å². The van der Waals surface area contributed by atoms with Crippen molar-refractivity contribution in [1.29, 1.82) is 0 Å². The maximum atomic E-state index is 12.7. The molecule has 0 aliphatic rings. The van der Waals surface area contributed by atoms with Gasteiger partial charge in [0.15, 0.2) is 0 Å². The van der Waals surface area contributed by atoms with Crippen molar-refractivity contribution in [3.05, 3.63) is 101 Å². The summed E-state index contributed by atoms with van der Waals surface area (Å²) >= 11 is 5.98. The van der Waals surface area contributed by atoms with E-state index in [9.17, 15) is 4.79 Å². The highest BCUT2D eigenvalue weighted by molar-refractivity contribution is 6.30. The van der Waals surface area contributed by atoms with Crippen molar-refractivity contribution in [2.45, 2.75) is 6.42 Å². The Balaban J connectivity index is 1.25. The maximum absolute atomic E-state index is 12.7. The molecule has 2 N–H and O–H groups in total. The van der Waals surface area contributed by atoms with Gasteiger partial charge in [0.2, 0.25) is 5.95 Å². The summed E-state index contributed by atoms with van der Waals surface area (Å²) in [5, 5.41) is 6.88. The molecule has 0 saturated heterocycles. The van der Waals surface area contributed by atoms with Crippen LogP contribution in [0.25, 0.3) is 11.0 Å². The number of hydrogen-bond acceptors (Lipinski definition) is 6. The van der Waals surface area contributed by atoms with E-state index in [4.69, 9.17) is 26.1 Å². The second kappa shape index (κ2) is 11.2. The van der Waals surface area contributed by atoms with Gasteiger partial charge in [-0.05, 0) is 60.5 Å². The van der Waals surface area contributed by atoms with Gasteiger partial charge in [-0.3, -0.25) is 9.78 Å². The van der Waals surface area contributed by atoms with Gasteiger partial charge in [0.25, 0.3) is 5.91 Å². The molecule has 1 amide bonds. The van der Waals surface area contributed by atoms with E-state index in [0.717, 1.165) is 28.0 Å². The number of nitrogens with one attached hydrogen (secondary N) is 2. The van der Waals surface area contributed by atoms with Crippen molar-refractivity contribution in [2.24, 2.45) is 7.05 Å². The van der Waals surface area contributed by atoms with Gasteiger partial charge in [0.1, 0.15) is 22.9 Å². The highest BCUT2D eigenvalue weighted by Gasteiger charge is 2.12. The van der Waals surface area contributed by atoms with Crippen LogP contribution in [-0.2, 0) is 13.5 Å². The van der Waals surface area contributed by atoms with Gasteiger partial charge in [-0.1, -0.05) is 29.8 Å². The van der Waals surface area contributed by atoms with Gasteiger partial charge >= 0.3 is 0 Å². The standard InChI is InChI=1S/C29H26ClN5O3/c1-35-26-12-11-22(17-24(26)34-29(35)33-21-9-7-20(30)8-10-21)38-23-14-16-31-25(18-23)28(36)32-15-13-19-5-3-4-6-27(19)37-2/h3-12,14,16-18H,13,15H2,1-2H3,(H,32,36)(H,33,34). The second-order valence-corrected chi connectivity index (χ2v) is 9.01. The third-order valence-electron chi connectivity index (χ3n) is 6.02. The summed E-state index contributed by atoms with van der Waals surface area (Å²) in [4.78, 5) is 21.6. The van der Waals surface area contributed by atoms with Crippen LogP contribution in [0.3, 0.4) is 0 Å². The van der Waals surface area contributed by atoms with E-state index in [0.29, 0.717) is 35.4 Å². The number of amides is 1. The molecule has 38 heavy (non-hydrogen) atoms. The summed E-state index contributed by atoms with van der Waals surface area (Å²) in [6, 6.07) is 24.2. The molecule has 9 heteroatoms. The van der Waals surface area contributed by atoms with Crippen LogP contribution in [0.1, 0.15) is 16.1 Å². The Bertz CT molecular complexity index is 1580. The third kappa shape index (κ3) is 5.71. The summed E-state index contributed by atoms with van der Waals surface area (Å²) in [7, 11) is 3.57. The summed E-state index contributed by atoms with van der Waals surface area (Å²) in [6.07, 6.45) is 2.20. The van der Waals surface area contributed by atoms with Crippen molar-refractivity contribution >= 4 is 40.2 Å². The number of hydrogen-bond donors (Lipinski definition) is 2. The normalized spacial score (nSPS) is 10.8. The Morgan fingerprint density at radius 1 is 1.00 bits per heavy atom. The van der Waals surface area contributed by atoms with Crippen molar-refractivity contribution in [3.63, 3.8) is 0 Å². The van der Waals surface area contributed by atoms with E-state index in [1.54, 1.807) is 25.4 Å². The number of rotatable bonds is 9. The Hall–Kier alpha value is -4.56. The summed E-state index contributed by atoms with van der Waals surface area (Å²) in [6.45, 7) is 0.453. The number of nitrogens with zero attached hydrogens (tertiary/aromatic N) is 3. The van der Waals surface area contributed by atoms with Crippen LogP contribution >= 0.6 is 11.6 Å². The third-order valence-corrected chi connectivity index (χ3v) is 6.28. The number of aromatic nitrogens is 3. The quantitative estimate of drug-likeness (QED) is 0.239. The molecule has 2 heterocycles. The molecule has 0 radical (unpaired) electrons. The fourth-order valence-corrected chi connectivity index (χ4v) is 4.19. The first-order valence-electron chi connectivity index (χ1n) is 12.0. The predicted molar refractivity (Wildman–Crippen MR) is 149 cm³/mol. The monoisotopic (exact) mass is 527 g/mol. The fraction of sp³-hybridized carbons (Fsp3) is 0.138. The lowest BCUT2D eigenvalue weighted by atomic mass is 10.1. The van der Waals surface area contributed by atoms with Gasteiger partial charge in [-0.15, -0.1) is 0 Å². The average molecular weight is 528 g/mol. The molecule has 2 aromatic heterocycles. The topological polar surface area (TPSA) is 90.3 Å². The number of carbonyl (C=O) groups excluding carboxylic acids is 1. The van der Waals surface area contributed by atoms with Crippen molar-refractivity contribution in [2.75, 3.05) is 19.0 Å². The molecule has 0 aliphatic carbocycles. The molecule has 8 nitrogen and oxygen atoms in total. The zero-order valence-electron chi connectivity index (χ0n) is 20.9. The fourth-order valence-electron chi connectivity index (χ4n) is 4.06. The van der Waals surface area contributed by atoms with Crippen LogP contribution < -0.4 is 20.1 Å². The largest absolute Gasteiger partial charge is 0.496 e. The number of pyridine rings is 1. The van der Waals surface area contributed by atoms with Gasteiger partial charge in [-0.25, -0.2) is 4.98 Å². The molecular formula is C29H26ClN5O3. The number of fused-ring (bicyclic) bond motifs is 1. The molecule has 0 spiro atoms. The molecule has 5 aromatic rings. The Morgan fingerprint density at radius 3 is 2.61 bits per heavy atom. The summed E-state index contributed by atoms with van der Waals surface area (Å²) in [5.74, 6) is 2.32. The van der Waals surface area contributed by atoms with E-state index in [2.05, 4.69) is 15.6 Å². The summed E-state index contributed by atoms with van der Waals surface area (Å²) in [5.41, 5.74) is 3.89. The molecule has 0 atom stereocenters. The number of methoxy groups -OCH3 is 1. The number of imidazole rings is 1. The molecule has 0 unspecified atom stereocenters. The van der Waals surface area contributed by atoms with Crippen LogP contribution in [0.4, 0.5) is 11.6 Å². The first-order valence-corrected chi connectivity index (χ1v) is 12.4. The molecule has 0 saturated carbocycles. The van der Waals surface area contributed by atoms with E-state index in [-0.39, 0.29) is 11.6 Å². The first-order chi connectivity index (χ1) is 18.5. The van der Waals surface area contributed by atoms with Crippen LogP contribution in [-0.4, -0.2) is 34.1 Å². The van der Waals surface area contributed by atoms with Gasteiger partial charge in [0, 0.05) is 42.6 Å². The zero-order valence-corrected chi connectivity index (χ0v) is 21.7. The number of ether oxygens (including phenoxy) is 2. The number of carbonyl (C=O) groups is 1. The summed E-state index contributed by atoms with van der Waals surface area (Å²) < 4.78 is 13.4. The minimum atomic E-state index is -0.275. The highest BCUT2D eigenvalue weighted by atomic mass is 35.5. The van der Waals surface area contributed by atoms with E-state index in [1.165, 1.54) is 0 Å². The number of benzene rings is 3. The Kier molecular flexibility index (Phi) is 7.42. The van der Waals surface area contributed by atoms with E-state index in [1.807, 2.05) is 78.3 Å². The van der Waals surface area contributed by atoms with Gasteiger partial charge in [-0.2, -0.15) is 0 Å². The minimum absolute atomic E-state index is 0.274. The van der Waals surface area contributed by atoms with E-state index >= 15 is 0 Å². The first kappa shape index (κ1) is 25.1. The molecule has 0 aliphatic heterocycles. The van der Waals surface area contributed by atoms with Crippen molar-refractivity contribution in [1.82, 2.24) is 19.9 Å². The number of aryl methyl sites for hydroxylation is 1. The molecule has 5 rings (SSSR count). The molecular weight excluding hydrogens is 502 g/mol. The lowest BCUT2D eigenvalue weighted by Crippen LogP contribution is -2.26. The minimum Gasteiger partial charge on any atom is -0.496 e. The number of halogens is 1. The van der Waals surface area contributed by atoms with Crippen molar-refractivity contribution in [3.8, 4) is 17.2 Å². The highest BCUT2D eigenvalue weighted by Crippen LogP contribution is 2.28. The molecule has 0 fully saturated rings.